The highest BCUT2D eigenvalue weighted by Crippen LogP contribution is 2.19. The van der Waals surface area contributed by atoms with Crippen molar-refractivity contribution >= 4 is 23.3 Å². The molecule has 21 heavy (non-hydrogen) atoms. The van der Waals surface area contributed by atoms with Crippen molar-refractivity contribution in [1.29, 1.82) is 0 Å². The Bertz CT molecular complexity index is 629. The van der Waals surface area contributed by atoms with Crippen LogP contribution in [-0.4, -0.2) is 12.6 Å². The highest BCUT2D eigenvalue weighted by molar-refractivity contribution is 6.31. The zero-order chi connectivity index (χ0) is 15.2. The van der Waals surface area contributed by atoms with Gasteiger partial charge in [-0.05, 0) is 48.7 Å². The third kappa shape index (κ3) is 4.76. The molecule has 2 aromatic carbocycles. The van der Waals surface area contributed by atoms with E-state index in [2.05, 4.69) is 10.6 Å². The molecule has 0 fully saturated rings. The smallest absolute Gasteiger partial charge is 0.319 e. The maximum Gasteiger partial charge on any atom is 0.319 e. The van der Waals surface area contributed by atoms with Gasteiger partial charge in [0.2, 0.25) is 0 Å². The summed E-state index contributed by atoms with van der Waals surface area (Å²) >= 11 is 5.90. The maximum absolute atomic E-state index is 12.8. The molecule has 2 aromatic rings. The van der Waals surface area contributed by atoms with Crippen molar-refractivity contribution in [3.63, 3.8) is 0 Å². The number of benzene rings is 2. The zero-order valence-corrected chi connectivity index (χ0v) is 12.4. The van der Waals surface area contributed by atoms with E-state index in [9.17, 15) is 9.18 Å². The van der Waals surface area contributed by atoms with Crippen LogP contribution < -0.4 is 10.6 Å². The molecular formula is C16H16ClFN2O. The predicted molar refractivity (Wildman–Crippen MR) is 83.3 cm³/mol. The molecule has 0 aliphatic heterocycles. The van der Waals surface area contributed by atoms with Crippen molar-refractivity contribution in [2.24, 2.45) is 0 Å². The molecule has 2 rings (SSSR count). The largest absolute Gasteiger partial charge is 0.338 e. The van der Waals surface area contributed by atoms with Gasteiger partial charge in [-0.1, -0.05) is 29.8 Å². The molecule has 2 N–H and O–H groups in total. The molecule has 0 heterocycles. The second kappa shape index (κ2) is 7.09. The number of anilines is 1. The number of hydrogen-bond acceptors (Lipinski definition) is 1. The SMILES string of the molecule is Cc1ccc(Cl)cc1NC(=O)NCCc1ccc(F)cc1. The average Bonchev–Trinajstić information content (AvgIpc) is 2.45. The number of urea groups is 1. The van der Waals surface area contributed by atoms with Gasteiger partial charge in [-0.15, -0.1) is 0 Å². The van der Waals surface area contributed by atoms with Gasteiger partial charge in [0.05, 0.1) is 0 Å². The quantitative estimate of drug-likeness (QED) is 0.875. The van der Waals surface area contributed by atoms with Crippen LogP contribution in [0.3, 0.4) is 0 Å². The lowest BCUT2D eigenvalue weighted by atomic mass is 10.1. The van der Waals surface area contributed by atoms with Crippen LogP contribution in [0.5, 0.6) is 0 Å². The molecule has 0 atom stereocenters. The summed E-state index contributed by atoms with van der Waals surface area (Å²) in [7, 11) is 0. The summed E-state index contributed by atoms with van der Waals surface area (Å²) in [6.07, 6.45) is 0.641. The Morgan fingerprint density at radius 3 is 2.62 bits per heavy atom. The van der Waals surface area contributed by atoms with E-state index in [1.54, 1.807) is 24.3 Å². The van der Waals surface area contributed by atoms with Crippen molar-refractivity contribution in [3.05, 3.63) is 64.4 Å². The van der Waals surface area contributed by atoms with Gasteiger partial charge in [-0.25, -0.2) is 9.18 Å². The number of halogens is 2. The monoisotopic (exact) mass is 306 g/mol. The van der Waals surface area contributed by atoms with Crippen LogP contribution in [0.2, 0.25) is 5.02 Å². The standard InChI is InChI=1S/C16H16ClFN2O/c1-11-2-5-13(17)10-15(11)20-16(21)19-9-8-12-3-6-14(18)7-4-12/h2-7,10H,8-9H2,1H3,(H2,19,20,21). The van der Waals surface area contributed by atoms with E-state index in [0.29, 0.717) is 23.7 Å². The fraction of sp³-hybridized carbons (Fsp3) is 0.188. The lowest BCUT2D eigenvalue weighted by molar-refractivity contribution is 0.252. The minimum Gasteiger partial charge on any atom is -0.338 e. The van der Waals surface area contributed by atoms with Crippen LogP contribution in [0.15, 0.2) is 42.5 Å². The van der Waals surface area contributed by atoms with Gasteiger partial charge in [0.25, 0.3) is 0 Å². The summed E-state index contributed by atoms with van der Waals surface area (Å²) in [6.45, 7) is 2.36. The van der Waals surface area contributed by atoms with Gasteiger partial charge >= 0.3 is 6.03 Å². The third-order valence-electron chi connectivity index (χ3n) is 3.06. The summed E-state index contributed by atoms with van der Waals surface area (Å²) < 4.78 is 12.8. The van der Waals surface area contributed by atoms with E-state index in [-0.39, 0.29) is 11.8 Å². The molecule has 0 aromatic heterocycles. The number of amides is 2. The van der Waals surface area contributed by atoms with Gasteiger partial charge in [0.15, 0.2) is 0 Å². The van der Waals surface area contributed by atoms with Gasteiger partial charge in [-0.2, -0.15) is 0 Å². The highest BCUT2D eigenvalue weighted by Gasteiger charge is 2.04. The lowest BCUT2D eigenvalue weighted by Gasteiger charge is -2.10. The Morgan fingerprint density at radius 2 is 1.90 bits per heavy atom. The first-order valence-corrected chi connectivity index (χ1v) is 6.98. The van der Waals surface area contributed by atoms with Crippen molar-refractivity contribution in [1.82, 2.24) is 5.32 Å². The number of hydrogen-bond donors (Lipinski definition) is 2. The third-order valence-corrected chi connectivity index (χ3v) is 3.30. The Morgan fingerprint density at radius 1 is 1.19 bits per heavy atom. The van der Waals surface area contributed by atoms with Crippen LogP contribution in [-0.2, 0) is 6.42 Å². The maximum atomic E-state index is 12.8. The summed E-state index contributed by atoms with van der Waals surface area (Å²) in [6, 6.07) is 11.3. The number of carbonyl (C=O) groups excluding carboxylic acids is 1. The highest BCUT2D eigenvalue weighted by atomic mass is 35.5. The van der Waals surface area contributed by atoms with Crippen molar-refractivity contribution < 1.29 is 9.18 Å². The number of rotatable bonds is 4. The molecule has 0 spiro atoms. The van der Waals surface area contributed by atoms with E-state index in [0.717, 1.165) is 11.1 Å². The molecule has 5 heteroatoms. The molecule has 0 saturated heterocycles. The summed E-state index contributed by atoms with van der Waals surface area (Å²) in [5, 5.41) is 6.08. The summed E-state index contributed by atoms with van der Waals surface area (Å²) in [5.41, 5.74) is 2.59. The first-order chi connectivity index (χ1) is 10.0. The molecule has 0 unspecified atom stereocenters. The summed E-state index contributed by atoms with van der Waals surface area (Å²) in [4.78, 5) is 11.8. The molecular weight excluding hydrogens is 291 g/mol. The first kappa shape index (κ1) is 15.3. The Labute approximate surface area is 128 Å². The van der Waals surface area contributed by atoms with Gasteiger partial charge < -0.3 is 10.6 Å². The minimum atomic E-state index is -0.289. The molecule has 0 aliphatic rings. The molecule has 0 radical (unpaired) electrons. The van der Waals surface area contributed by atoms with Crippen LogP contribution >= 0.6 is 11.6 Å². The minimum absolute atomic E-state index is 0.263. The number of nitrogens with one attached hydrogen (secondary N) is 2. The summed E-state index contributed by atoms with van der Waals surface area (Å²) in [5.74, 6) is -0.263. The molecule has 110 valence electrons. The second-order valence-electron chi connectivity index (χ2n) is 4.72. The molecule has 0 saturated carbocycles. The Kier molecular flexibility index (Phi) is 5.17. The topological polar surface area (TPSA) is 41.1 Å². The number of aryl methyl sites for hydroxylation is 1. The van der Waals surface area contributed by atoms with E-state index >= 15 is 0 Å². The van der Waals surface area contributed by atoms with E-state index in [1.807, 2.05) is 13.0 Å². The van der Waals surface area contributed by atoms with E-state index in [4.69, 9.17) is 11.6 Å². The van der Waals surface area contributed by atoms with Crippen molar-refractivity contribution in [2.75, 3.05) is 11.9 Å². The van der Waals surface area contributed by atoms with Gasteiger partial charge in [-0.3, -0.25) is 0 Å². The van der Waals surface area contributed by atoms with E-state index in [1.165, 1.54) is 12.1 Å². The van der Waals surface area contributed by atoms with Gasteiger partial charge in [0.1, 0.15) is 5.82 Å². The molecule has 0 aliphatic carbocycles. The number of carbonyl (C=O) groups is 1. The first-order valence-electron chi connectivity index (χ1n) is 6.60. The normalized spacial score (nSPS) is 10.2. The fourth-order valence-electron chi connectivity index (χ4n) is 1.87. The Hall–Kier alpha value is -2.07. The fourth-order valence-corrected chi connectivity index (χ4v) is 2.04. The predicted octanol–water partition coefficient (Wildman–Crippen LogP) is 4.15. The van der Waals surface area contributed by atoms with Crippen LogP contribution in [0.4, 0.5) is 14.9 Å². The lowest BCUT2D eigenvalue weighted by Crippen LogP contribution is -2.30. The van der Waals surface area contributed by atoms with E-state index < -0.39 is 0 Å². The molecule has 0 bridgehead atoms. The van der Waals surface area contributed by atoms with Crippen molar-refractivity contribution in [2.45, 2.75) is 13.3 Å². The molecule has 3 nitrogen and oxygen atoms in total. The van der Waals surface area contributed by atoms with Crippen LogP contribution in [0, 0.1) is 12.7 Å². The Balaban J connectivity index is 1.82. The second-order valence-corrected chi connectivity index (χ2v) is 5.15. The van der Waals surface area contributed by atoms with Crippen molar-refractivity contribution in [3.8, 4) is 0 Å². The van der Waals surface area contributed by atoms with Crippen LogP contribution in [0.1, 0.15) is 11.1 Å². The van der Waals surface area contributed by atoms with Crippen LogP contribution in [0.25, 0.3) is 0 Å². The molecule has 2 amide bonds. The van der Waals surface area contributed by atoms with Gasteiger partial charge in [0, 0.05) is 17.3 Å². The average molecular weight is 307 g/mol. The zero-order valence-electron chi connectivity index (χ0n) is 11.6.